The maximum Gasteiger partial charge on any atom is 0.453 e. The van der Waals surface area contributed by atoms with Crippen molar-refractivity contribution in [3.8, 4) is 11.5 Å². The van der Waals surface area contributed by atoms with Crippen LogP contribution in [-0.4, -0.2) is 42.3 Å². The lowest BCUT2D eigenvalue weighted by atomic mass is 9.77. The number of nitrogen functional groups attached to an aromatic ring is 1. The first-order valence-electron chi connectivity index (χ1n) is 11.2. The van der Waals surface area contributed by atoms with E-state index in [-0.39, 0.29) is 40.4 Å². The second-order valence-corrected chi connectivity index (χ2v) is 9.03. The van der Waals surface area contributed by atoms with Crippen LogP contribution in [0.15, 0.2) is 42.9 Å². The molecule has 3 aromatic heterocycles. The number of carbonyl (C=O) groups excluding carboxylic acids is 1. The van der Waals surface area contributed by atoms with Crippen molar-refractivity contribution in [3.63, 3.8) is 0 Å². The highest BCUT2D eigenvalue weighted by atomic mass is 19.4. The molecule has 13 heteroatoms. The molecule has 1 unspecified atom stereocenters. The average molecular weight is 517 g/mol. The molecule has 1 amide bonds. The highest BCUT2D eigenvalue weighted by molar-refractivity contribution is 6.09. The molecule has 3 N–H and O–H groups in total. The number of nitrogens with zero attached hydrogens (tertiary/aromatic N) is 5. The van der Waals surface area contributed by atoms with Gasteiger partial charge in [0.25, 0.3) is 0 Å². The number of rotatable bonds is 5. The summed E-state index contributed by atoms with van der Waals surface area (Å²) in [6.45, 7) is 3.62. The van der Waals surface area contributed by atoms with Crippen molar-refractivity contribution < 1.29 is 26.7 Å². The Labute approximate surface area is 206 Å². The van der Waals surface area contributed by atoms with Crippen LogP contribution >= 0.6 is 0 Å². The number of amides is 1. The van der Waals surface area contributed by atoms with Crippen molar-refractivity contribution in [1.29, 1.82) is 0 Å². The van der Waals surface area contributed by atoms with Crippen molar-refractivity contribution in [3.05, 3.63) is 65.2 Å². The second-order valence-electron chi connectivity index (χ2n) is 9.03. The highest BCUT2D eigenvalue weighted by Crippen LogP contribution is 2.45. The van der Waals surface area contributed by atoms with Gasteiger partial charge in [-0.3, -0.25) is 4.79 Å². The third-order valence-corrected chi connectivity index (χ3v) is 6.52. The minimum absolute atomic E-state index is 0.000826. The van der Waals surface area contributed by atoms with Crippen LogP contribution < -0.4 is 11.1 Å². The fourth-order valence-electron chi connectivity index (χ4n) is 4.37. The lowest BCUT2D eigenvalue weighted by Gasteiger charge is -2.23. The van der Waals surface area contributed by atoms with Gasteiger partial charge in [0.1, 0.15) is 22.7 Å². The fourth-order valence-corrected chi connectivity index (χ4v) is 4.37. The van der Waals surface area contributed by atoms with Gasteiger partial charge in [0, 0.05) is 25.0 Å². The summed E-state index contributed by atoms with van der Waals surface area (Å²) < 4.78 is 66.6. The molecule has 0 saturated carbocycles. The number of carbonyl (C=O) groups is 1. The maximum absolute atomic E-state index is 13.6. The highest BCUT2D eigenvalue weighted by Gasteiger charge is 2.56. The Bertz CT molecular complexity index is 1530. The molecular formula is C24H20F5N7O. The van der Waals surface area contributed by atoms with Crippen molar-refractivity contribution in [2.24, 2.45) is 0 Å². The molecule has 1 atom stereocenters. The van der Waals surface area contributed by atoms with Crippen molar-refractivity contribution in [2.75, 3.05) is 11.1 Å². The molecule has 1 aromatic carbocycles. The third-order valence-electron chi connectivity index (χ3n) is 6.52. The monoisotopic (exact) mass is 517 g/mol. The van der Waals surface area contributed by atoms with Gasteiger partial charge >= 0.3 is 12.1 Å². The number of alkyl halides is 5. The molecule has 4 heterocycles. The Morgan fingerprint density at radius 3 is 2.46 bits per heavy atom. The van der Waals surface area contributed by atoms with Crippen LogP contribution in [0.1, 0.15) is 35.7 Å². The smallest absolute Gasteiger partial charge is 0.383 e. The summed E-state index contributed by atoms with van der Waals surface area (Å²) in [5.41, 5.74) is 7.28. The molecule has 0 spiro atoms. The van der Waals surface area contributed by atoms with Crippen LogP contribution in [0, 0.1) is 6.92 Å². The van der Waals surface area contributed by atoms with Crippen LogP contribution in [0.25, 0.3) is 17.2 Å². The first kappa shape index (κ1) is 24.5. The fraction of sp³-hybridized carbons (Fsp3) is 0.292. The Balaban J connectivity index is 1.57. The van der Waals surface area contributed by atoms with Crippen LogP contribution in [0.3, 0.4) is 0 Å². The number of hydrogen-bond donors (Lipinski definition) is 2. The lowest BCUT2D eigenvalue weighted by molar-refractivity contribution is -0.284. The average Bonchev–Trinajstić information content (AvgIpc) is 3.40. The standard InChI is InChI=1S/C24H20F5N7O/c1-12-3-5-13(6-4-12)22(2)16-17(30)33-18(34-19(16)35-21(22)37)15-11-36-10-9-31-20(36)14(32-15)7-8-23(25,26)24(27,28)29/h3-6,9-11H,7-8H2,1-2H3,(H3,30,33,34,35,37). The largest absolute Gasteiger partial charge is 0.453 e. The summed E-state index contributed by atoms with van der Waals surface area (Å²) >= 11 is 0. The van der Waals surface area contributed by atoms with Crippen LogP contribution in [0.4, 0.5) is 33.6 Å². The van der Waals surface area contributed by atoms with Crippen LogP contribution in [0.2, 0.25) is 0 Å². The van der Waals surface area contributed by atoms with E-state index in [0.29, 0.717) is 11.1 Å². The van der Waals surface area contributed by atoms with Crippen molar-refractivity contribution in [2.45, 2.75) is 44.2 Å². The number of benzene rings is 1. The molecule has 0 saturated heterocycles. The number of halogens is 5. The summed E-state index contributed by atoms with van der Waals surface area (Å²) in [5, 5.41) is 2.72. The quantitative estimate of drug-likeness (QED) is 0.378. The molecule has 0 radical (unpaired) electrons. The van der Waals surface area contributed by atoms with Crippen LogP contribution in [-0.2, 0) is 16.6 Å². The molecule has 0 bridgehead atoms. The van der Waals surface area contributed by atoms with Gasteiger partial charge in [-0.25, -0.2) is 19.9 Å². The molecule has 5 rings (SSSR count). The van der Waals surface area contributed by atoms with Gasteiger partial charge in [0.05, 0.1) is 11.3 Å². The van der Waals surface area contributed by atoms with E-state index >= 15 is 0 Å². The van der Waals surface area contributed by atoms with E-state index < -0.39 is 30.4 Å². The summed E-state index contributed by atoms with van der Waals surface area (Å²) in [5.74, 6) is -5.14. The van der Waals surface area contributed by atoms with Gasteiger partial charge in [-0.05, 0) is 25.8 Å². The third kappa shape index (κ3) is 3.94. The van der Waals surface area contributed by atoms with Gasteiger partial charge in [-0.2, -0.15) is 22.0 Å². The molecule has 37 heavy (non-hydrogen) atoms. The van der Waals surface area contributed by atoms with E-state index in [1.54, 1.807) is 6.92 Å². The first-order valence-corrected chi connectivity index (χ1v) is 11.2. The van der Waals surface area contributed by atoms with E-state index in [2.05, 4.69) is 25.3 Å². The Kier molecular flexibility index (Phi) is 5.42. The van der Waals surface area contributed by atoms with Gasteiger partial charge < -0.3 is 15.5 Å². The van der Waals surface area contributed by atoms with E-state index in [4.69, 9.17) is 5.73 Å². The lowest BCUT2D eigenvalue weighted by Crippen LogP contribution is -2.36. The van der Waals surface area contributed by atoms with Crippen molar-refractivity contribution >= 4 is 23.2 Å². The number of nitrogens with two attached hydrogens (primary N) is 1. The van der Waals surface area contributed by atoms with E-state index in [0.717, 1.165) is 5.56 Å². The molecule has 192 valence electrons. The maximum atomic E-state index is 13.6. The molecule has 4 aromatic rings. The van der Waals surface area contributed by atoms with Gasteiger partial charge in [-0.15, -0.1) is 0 Å². The van der Waals surface area contributed by atoms with E-state index in [1.165, 1.54) is 23.0 Å². The molecule has 8 nitrogen and oxygen atoms in total. The number of aromatic nitrogens is 5. The second kappa shape index (κ2) is 8.18. The summed E-state index contributed by atoms with van der Waals surface area (Å²) in [7, 11) is 0. The zero-order valence-corrected chi connectivity index (χ0v) is 19.6. The number of aryl methyl sites for hydroxylation is 2. The predicted octanol–water partition coefficient (Wildman–Crippen LogP) is 4.47. The van der Waals surface area contributed by atoms with E-state index in [1.807, 2.05) is 31.2 Å². The summed E-state index contributed by atoms with van der Waals surface area (Å²) in [6.07, 6.45) is -3.60. The molecule has 1 aliphatic rings. The zero-order chi connectivity index (χ0) is 26.8. The van der Waals surface area contributed by atoms with Gasteiger partial charge in [0.2, 0.25) is 5.91 Å². The summed E-state index contributed by atoms with van der Waals surface area (Å²) in [4.78, 5) is 30.0. The Hall–Kier alpha value is -4.16. The molecule has 0 aliphatic carbocycles. The Morgan fingerprint density at radius 2 is 1.78 bits per heavy atom. The number of anilines is 2. The first-order chi connectivity index (χ1) is 17.3. The van der Waals surface area contributed by atoms with Crippen LogP contribution in [0.5, 0.6) is 0 Å². The van der Waals surface area contributed by atoms with E-state index in [9.17, 15) is 26.7 Å². The topological polar surface area (TPSA) is 111 Å². The molecular weight excluding hydrogens is 497 g/mol. The van der Waals surface area contributed by atoms with Gasteiger partial charge in [-0.1, -0.05) is 29.8 Å². The summed E-state index contributed by atoms with van der Waals surface area (Å²) in [6, 6.07) is 7.36. The molecule has 0 fully saturated rings. The number of fused-ring (bicyclic) bond motifs is 2. The molecule has 1 aliphatic heterocycles. The number of imidazole rings is 1. The number of nitrogens with one attached hydrogen (secondary N) is 1. The predicted molar refractivity (Wildman–Crippen MR) is 124 cm³/mol. The SMILES string of the molecule is Cc1ccc(C2(C)C(=O)Nc3nc(-c4cn5ccnc5c(CCC(F)(F)C(F)(F)F)n4)nc(N)c32)cc1. The number of hydrogen-bond acceptors (Lipinski definition) is 6. The minimum atomic E-state index is -5.68. The Morgan fingerprint density at radius 1 is 1.08 bits per heavy atom. The van der Waals surface area contributed by atoms with Crippen molar-refractivity contribution in [1.82, 2.24) is 24.3 Å². The minimum Gasteiger partial charge on any atom is -0.383 e. The zero-order valence-electron chi connectivity index (χ0n) is 19.6. The van der Waals surface area contributed by atoms with Gasteiger partial charge in [0.15, 0.2) is 11.5 Å². The normalized spacial score (nSPS) is 17.8.